The fraction of sp³-hybridized carbons (Fsp3) is 0.727. The molecule has 0 aromatic carbocycles. The van der Waals surface area contributed by atoms with Crippen molar-refractivity contribution in [3.63, 3.8) is 0 Å². The summed E-state index contributed by atoms with van der Waals surface area (Å²) in [6, 6.07) is -1.54. The summed E-state index contributed by atoms with van der Waals surface area (Å²) < 4.78 is 40.8. The van der Waals surface area contributed by atoms with Crippen LogP contribution >= 0.6 is 15.9 Å². The van der Waals surface area contributed by atoms with E-state index in [4.69, 9.17) is 0 Å². The third-order valence-corrected chi connectivity index (χ3v) is 3.73. The van der Waals surface area contributed by atoms with E-state index in [9.17, 15) is 13.2 Å². The predicted molar refractivity (Wildman–Crippen MR) is 67.5 cm³/mol. The Balaban J connectivity index is 2.89. The number of nitrogens with one attached hydrogen (secondary N) is 1. The van der Waals surface area contributed by atoms with Crippen molar-refractivity contribution in [1.29, 1.82) is 0 Å². The van der Waals surface area contributed by atoms with Crippen LogP contribution in [0.15, 0.2) is 4.47 Å². The van der Waals surface area contributed by atoms with E-state index in [2.05, 4.69) is 26.3 Å². The lowest BCUT2D eigenvalue weighted by molar-refractivity contribution is -0.155. The molecule has 1 unspecified atom stereocenters. The van der Waals surface area contributed by atoms with Crippen molar-refractivity contribution < 1.29 is 13.2 Å². The van der Waals surface area contributed by atoms with E-state index in [1.807, 2.05) is 6.92 Å². The number of rotatable bonds is 5. The predicted octanol–water partition coefficient (Wildman–Crippen LogP) is 2.96. The van der Waals surface area contributed by atoms with Crippen molar-refractivity contribution >= 4 is 15.9 Å². The second kappa shape index (κ2) is 6.06. The lowest BCUT2D eigenvalue weighted by Crippen LogP contribution is -2.44. The summed E-state index contributed by atoms with van der Waals surface area (Å²) in [6.07, 6.45) is -3.72. The van der Waals surface area contributed by atoms with Crippen LogP contribution in [0.4, 0.5) is 13.2 Å². The van der Waals surface area contributed by atoms with E-state index in [0.29, 0.717) is 28.8 Å². The van der Waals surface area contributed by atoms with Gasteiger partial charge < -0.3 is 5.32 Å². The second-order valence-electron chi connectivity index (χ2n) is 4.22. The molecule has 18 heavy (non-hydrogen) atoms. The van der Waals surface area contributed by atoms with Gasteiger partial charge in [-0.3, -0.25) is 4.68 Å². The first-order valence-corrected chi connectivity index (χ1v) is 6.54. The maximum Gasteiger partial charge on any atom is 0.404 e. The molecule has 7 heteroatoms. The third kappa shape index (κ3) is 3.71. The van der Waals surface area contributed by atoms with Crippen LogP contribution in [-0.2, 0) is 13.5 Å². The zero-order chi connectivity index (χ0) is 13.9. The molecule has 0 aliphatic carbocycles. The number of alkyl halides is 3. The standard InChI is InChI=1S/C11H17BrF3N3/c1-4-5-16-9(11(13,14)15)6-8-10(12)7(2)17-18(8)3/h9,16H,4-6H2,1-3H3. The molecule has 0 aliphatic rings. The van der Waals surface area contributed by atoms with E-state index >= 15 is 0 Å². The summed E-state index contributed by atoms with van der Waals surface area (Å²) in [5.41, 5.74) is 1.25. The first-order valence-electron chi connectivity index (χ1n) is 5.75. The number of halogens is 4. The van der Waals surface area contributed by atoms with Gasteiger partial charge in [0.25, 0.3) is 0 Å². The molecule has 1 N–H and O–H groups in total. The Morgan fingerprint density at radius 3 is 2.44 bits per heavy atom. The smallest absolute Gasteiger partial charge is 0.306 e. The largest absolute Gasteiger partial charge is 0.404 e. The van der Waals surface area contributed by atoms with Crippen molar-refractivity contribution in [2.24, 2.45) is 7.05 Å². The monoisotopic (exact) mass is 327 g/mol. The first-order chi connectivity index (χ1) is 8.27. The molecule has 1 aromatic rings. The Labute approximate surface area is 113 Å². The maximum atomic E-state index is 12.9. The molecule has 0 spiro atoms. The van der Waals surface area contributed by atoms with Gasteiger partial charge in [-0.05, 0) is 35.8 Å². The molecule has 0 fully saturated rings. The van der Waals surface area contributed by atoms with Gasteiger partial charge in [0.2, 0.25) is 0 Å². The van der Waals surface area contributed by atoms with Crippen molar-refractivity contribution in [2.45, 2.75) is 38.9 Å². The Morgan fingerprint density at radius 2 is 2.06 bits per heavy atom. The van der Waals surface area contributed by atoms with Crippen LogP contribution < -0.4 is 5.32 Å². The lowest BCUT2D eigenvalue weighted by Gasteiger charge is -2.21. The normalized spacial score (nSPS) is 13.9. The van der Waals surface area contributed by atoms with Crippen LogP contribution in [0.25, 0.3) is 0 Å². The molecule has 0 bridgehead atoms. The fourth-order valence-corrected chi connectivity index (χ4v) is 2.22. The van der Waals surface area contributed by atoms with Crippen LogP contribution in [0, 0.1) is 6.92 Å². The molecule has 1 atom stereocenters. The van der Waals surface area contributed by atoms with Crippen molar-refractivity contribution in [3.8, 4) is 0 Å². The molecule has 0 radical (unpaired) electrons. The first kappa shape index (κ1) is 15.5. The molecule has 0 amide bonds. The van der Waals surface area contributed by atoms with E-state index < -0.39 is 12.2 Å². The highest BCUT2D eigenvalue weighted by atomic mass is 79.9. The summed E-state index contributed by atoms with van der Waals surface area (Å²) in [6.45, 7) is 3.94. The van der Waals surface area contributed by atoms with Gasteiger partial charge in [-0.2, -0.15) is 18.3 Å². The van der Waals surface area contributed by atoms with Gasteiger partial charge in [0.1, 0.15) is 6.04 Å². The van der Waals surface area contributed by atoms with Gasteiger partial charge in [0.05, 0.1) is 15.9 Å². The van der Waals surface area contributed by atoms with Crippen molar-refractivity contribution in [2.75, 3.05) is 6.54 Å². The van der Waals surface area contributed by atoms with Crippen LogP contribution in [0.1, 0.15) is 24.7 Å². The highest BCUT2D eigenvalue weighted by Crippen LogP contribution is 2.27. The number of nitrogens with zero attached hydrogens (tertiary/aromatic N) is 2. The minimum Gasteiger partial charge on any atom is -0.306 e. The molecular formula is C11H17BrF3N3. The van der Waals surface area contributed by atoms with Gasteiger partial charge in [0, 0.05) is 13.5 Å². The molecule has 0 saturated heterocycles. The molecule has 0 saturated carbocycles. The summed E-state index contributed by atoms with van der Waals surface area (Å²) in [5, 5.41) is 6.64. The highest BCUT2D eigenvalue weighted by Gasteiger charge is 2.40. The Kier molecular flexibility index (Phi) is 5.21. The molecule has 0 aliphatic heterocycles. The van der Waals surface area contributed by atoms with Gasteiger partial charge in [-0.15, -0.1) is 0 Å². The van der Waals surface area contributed by atoms with Crippen LogP contribution in [0.2, 0.25) is 0 Å². The van der Waals surface area contributed by atoms with Crippen LogP contribution in [0.3, 0.4) is 0 Å². The van der Waals surface area contributed by atoms with Gasteiger partial charge in [0.15, 0.2) is 0 Å². The van der Waals surface area contributed by atoms with Crippen LogP contribution in [-0.4, -0.2) is 28.5 Å². The quantitative estimate of drug-likeness (QED) is 0.901. The van der Waals surface area contributed by atoms with Crippen LogP contribution in [0.5, 0.6) is 0 Å². The second-order valence-corrected chi connectivity index (χ2v) is 5.02. The van der Waals surface area contributed by atoms with Gasteiger partial charge in [-0.1, -0.05) is 6.92 Å². The minimum atomic E-state index is -4.26. The molecule has 1 heterocycles. The number of hydrogen-bond donors (Lipinski definition) is 1. The van der Waals surface area contributed by atoms with E-state index in [1.165, 1.54) is 4.68 Å². The highest BCUT2D eigenvalue weighted by molar-refractivity contribution is 9.10. The van der Waals surface area contributed by atoms with E-state index in [0.717, 1.165) is 0 Å². The van der Waals surface area contributed by atoms with E-state index in [1.54, 1.807) is 14.0 Å². The molecule has 1 rings (SSSR count). The van der Waals surface area contributed by atoms with E-state index in [-0.39, 0.29) is 6.42 Å². The summed E-state index contributed by atoms with van der Waals surface area (Å²) in [4.78, 5) is 0. The SMILES string of the molecule is CCCNC(Cc1c(Br)c(C)nn1C)C(F)(F)F. The molecule has 1 aromatic heterocycles. The zero-order valence-corrected chi connectivity index (χ0v) is 12.2. The number of hydrogen-bond acceptors (Lipinski definition) is 2. The molecule has 3 nitrogen and oxygen atoms in total. The Hall–Kier alpha value is -0.560. The average Bonchev–Trinajstić information content (AvgIpc) is 2.48. The summed E-state index contributed by atoms with van der Waals surface area (Å²) >= 11 is 3.29. The maximum absolute atomic E-state index is 12.9. The Bertz CT molecular complexity index is 401. The average molecular weight is 328 g/mol. The minimum absolute atomic E-state index is 0.124. The topological polar surface area (TPSA) is 29.9 Å². The number of aromatic nitrogens is 2. The van der Waals surface area contributed by atoms with Gasteiger partial charge in [-0.25, -0.2) is 0 Å². The van der Waals surface area contributed by atoms with Crippen molar-refractivity contribution in [3.05, 3.63) is 15.9 Å². The van der Waals surface area contributed by atoms with Gasteiger partial charge >= 0.3 is 6.18 Å². The number of aryl methyl sites for hydroxylation is 2. The fourth-order valence-electron chi connectivity index (χ4n) is 1.72. The molecule has 104 valence electrons. The molecular weight excluding hydrogens is 311 g/mol. The zero-order valence-electron chi connectivity index (χ0n) is 10.6. The Morgan fingerprint density at radius 1 is 1.44 bits per heavy atom. The summed E-state index contributed by atoms with van der Waals surface area (Å²) in [7, 11) is 1.65. The summed E-state index contributed by atoms with van der Waals surface area (Å²) in [5.74, 6) is 0. The third-order valence-electron chi connectivity index (χ3n) is 2.69. The lowest BCUT2D eigenvalue weighted by atomic mass is 10.1. The van der Waals surface area contributed by atoms with Crippen molar-refractivity contribution in [1.82, 2.24) is 15.1 Å².